The van der Waals surface area contributed by atoms with Gasteiger partial charge < -0.3 is 20.1 Å². The fraction of sp³-hybridized carbons (Fsp3) is 0.176. The number of hydrogen-bond acceptors (Lipinski definition) is 4. The number of carbonyl (C=O) groups excluding carboxylic acids is 2. The number of hydrogen-bond donors (Lipinski definition) is 2. The Labute approximate surface area is 143 Å². The van der Waals surface area contributed by atoms with Gasteiger partial charge >= 0.3 is 11.8 Å². The molecule has 0 aliphatic carbocycles. The van der Waals surface area contributed by atoms with Crippen molar-refractivity contribution in [2.24, 2.45) is 0 Å². The summed E-state index contributed by atoms with van der Waals surface area (Å²) in [6, 6.07) is 12.5. The fourth-order valence-corrected chi connectivity index (χ4v) is 2.41. The molecule has 1 heterocycles. The molecule has 24 heavy (non-hydrogen) atoms. The van der Waals surface area contributed by atoms with Crippen LogP contribution in [0.5, 0.6) is 11.5 Å². The van der Waals surface area contributed by atoms with Crippen LogP contribution in [0.1, 0.15) is 11.1 Å². The van der Waals surface area contributed by atoms with Crippen LogP contribution >= 0.6 is 11.6 Å². The number of benzene rings is 2. The number of halogens is 1. The second-order valence-corrected chi connectivity index (χ2v) is 5.55. The molecule has 124 valence electrons. The minimum absolute atomic E-state index is 0.190. The van der Waals surface area contributed by atoms with E-state index < -0.39 is 11.8 Å². The Morgan fingerprint density at radius 3 is 2.46 bits per heavy atom. The molecule has 3 rings (SSSR count). The molecule has 0 aromatic heterocycles. The van der Waals surface area contributed by atoms with Crippen molar-refractivity contribution in [2.45, 2.75) is 13.1 Å². The molecule has 2 N–H and O–H groups in total. The van der Waals surface area contributed by atoms with Gasteiger partial charge in [0.15, 0.2) is 11.5 Å². The summed E-state index contributed by atoms with van der Waals surface area (Å²) in [6.07, 6.45) is 0. The summed E-state index contributed by atoms with van der Waals surface area (Å²) in [5, 5.41) is 5.64. The van der Waals surface area contributed by atoms with Gasteiger partial charge in [-0.2, -0.15) is 0 Å². The number of ether oxygens (including phenoxy) is 2. The molecule has 0 fully saturated rings. The molecule has 2 aromatic rings. The number of amides is 2. The lowest BCUT2D eigenvalue weighted by molar-refractivity contribution is -0.139. The van der Waals surface area contributed by atoms with Crippen molar-refractivity contribution in [1.82, 2.24) is 10.6 Å². The highest BCUT2D eigenvalue weighted by Gasteiger charge is 2.16. The van der Waals surface area contributed by atoms with Gasteiger partial charge in [0, 0.05) is 18.1 Å². The van der Waals surface area contributed by atoms with Gasteiger partial charge in [0.25, 0.3) is 0 Å². The lowest BCUT2D eigenvalue weighted by Crippen LogP contribution is -2.39. The van der Waals surface area contributed by atoms with Crippen LogP contribution in [0.2, 0.25) is 5.02 Å². The Kier molecular flexibility index (Phi) is 4.86. The number of rotatable bonds is 4. The molecule has 2 amide bonds. The van der Waals surface area contributed by atoms with Gasteiger partial charge in [0.05, 0.1) is 0 Å². The van der Waals surface area contributed by atoms with Gasteiger partial charge in [-0.3, -0.25) is 9.59 Å². The first-order valence-electron chi connectivity index (χ1n) is 7.31. The van der Waals surface area contributed by atoms with Gasteiger partial charge in [0.2, 0.25) is 6.79 Å². The summed E-state index contributed by atoms with van der Waals surface area (Å²) in [6.45, 7) is 0.598. The van der Waals surface area contributed by atoms with Gasteiger partial charge in [-0.25, -0.2) is 0 Å². The first-order valence-corrected chi connectivity index (χ1v) is 7.69. The van der Waals surface area contributed by atoms with Gasteiger partial charge in [-0.05, 0) is 29.3 Å². The van der Waals surface area contributed by atoms with E-state index in [1.165, 1.54) is 0 Å². The quantitative estimate of drug-likeness (QED) is 0.830. The first kappa shape index (κ1) is 16.1. The Balaban J connectivity index is 1.49. The summed E-state index contributed by atoms with van der Waals surface area (Å²) in [4.78, 5) is 23.7. The minimum atomic E-state index is -0.712. The number of carbonyl (C=O) groups is 2. The lowest BCUT2D eigenvalue weighted by Gasteiger charge is -2.08. The minimum Gasteiger partial charge on any atom is -0.454 e. The second kappa shape index (κ2) is 7.23. The maximum atomic E-state index is 11.8. The molecular formula is C17H15ClN2O4. The van der Waals surface area contributed by atoms with Crippen LogP contribution in [-0.2, 0) is 22.7 Å². The maximum Gasteiger partial charge on any atom is 0.309 e. The van der Waals surface area contributed by atoms with Crippen molar-refractivity contribution in [2.75, 3.05) is 6.79 Å². The highest BCUT2D eigenvalue weighted by Crippen LogP contribution is 2.32. The summed E-state index contributed by atoms with van der Waals surface area (Å²) in [5.74, 6) is -0.122. The van der Waals surface area contributed by atoms with Crippen LogP contribution < -0.4 is 20.1 Å². The molecule has 0 bridgehead atoms. The van der Waals surface area contributed by atoms with Gasteiger partial charge in [-0.1, -0.05) is 35.9 Å². The van der Waals surface area contributed by atoms with E-state index in [9.17, 15) is 9.59 Å². The van der Waals surface area contributed by atoms with Crippen LogP contribution in [-0.4, -0.2) is 18.6 Å². The zero-order valence-corrected chi connectivity index (χ0v) is 13.4. The smallest absolute Gasteiger partial charge is 0.309 e. The van der Waals surface area contributed by atoms with E-state index in [4.69, 9.17) is 21.1 Å². The predicted octanol–water partition coefficient (Wildman–Crippen LogP) is 2.00. The molecule has 1 aliphatic rings. The molecule has 0 radical (unpaired) electrons. The molecule has 0 saturated heterocycles. The largest absolute Gasteiger partial charge is 0.454 e. The Morgan fingerprint density at radius 2 is 1.67 bits per heavy atom. The summed E-state index contributed by atoms with van der Waals surface area (Å²) in [5.41, 5.74) is 1.56. The van der Waals surface area contributed by atoms with Crippen molar-refractivity contribution in [3.05, 3.63) is 58.6 Å². The van der Waals surface area contributed by atoms with E-state index in [0.717, 1.165) is 11.1 Å². The van der Waals surface area contributed by atoms with E-state index in [1.54, 1.807) is 36.4 Å². The molecule has 0 unspecified atom stereocenters. The number of fused-ring (bicyclic) bond motifs is 1. The molecule has 0 saturated carbocycles. The summed E-state index contributed by atoms with van der Waals surface area (Å²) < 4.78 is 10.5. The fourth-order valence-electron chi connectivity index (χ4n) is 2.21. The van der Waals surface area contributed by atoms with Crippen molar-refractivity contribution in [1.29, 1.82) is 0 Å². The normalized spacial score (nSPS) is 11.9. The summed E-state index contributed by atoms with van der Waals surface area (Å²) in [7, 11) is 0. The topological polar surface area (TPSA) is 76.7 Å². The van der Waals surface area contributed by atoms with Crippen molar-refractivity contribution < 1.29 is 19.1 Å². The molecular weight excluding hydrogens is 332 g/mol. The highest BCUT2D eigenvalue weighted by molar-refractivity contribution is 6.35. The van der Waals surface area contributed by atoms with E-state index in [1.807, 2.05) is 6.07 Å². The average Bonchev–Trinajstić information content (AvgIpc) is 3.06. The first-order chi connectivity index (χ1) is 11.6. The van der Waals surface area contributed by atoms with Gasteiger partial charge in [-0.15, -0.1) is 0 Å². The monoisotopic (exact) mass is 346 g/mol. The third-order valence-corrected chi connectivity index (χ3v) is 3.86. The predicted molar refractivity (Wildman–Crippen MR) is 87.7 cm³/mol. The zero-order valence-electron chi connectivity index (χ0n) is 12.7. The molecule has 7 heteroatoms. The standard InChI is InChI=1S/C17H15ClN2O4/c18-13-4-2-1-3-12(13)9-20-17(22)16(21)19-8-11-5-6-14-15(7-11)24-10-23-14/h1-7H,8-10H2,(H,19,21)(H,20,22). The SMILES string of the molecule is O=C(NCc1ccc2c(c1)OCO2)C(=O)NCc1ccccc1Cl. The molecule has 1 aliphatic heterocycles. The third kappa shape index (κ3) is 3.78. The van der Waals surface area contributed by atoms with Crippen molar-refractivity contribution >= 4 is 23.4 Å². The van der Waals surface area contributed by atoms with Crippen molar-refractivity contribution in [3.63, 3.8) is 0 Å². The summed E-state index contributed by atoms with van der Waals surface area (Å²) >= 11 is 6.00. The average molecular weight is 347 g/mol. The van der Waals surface area contributed by atoms with Crippen LogP contribution in [0.15, 0.2) is 42.5 Å². The van der Waals surface area contributed by atoms with E-state index in [2.05, 4.69) is 10.6 Å². The maximum absolute atomic E-state index is 11.8. The van der Waals surface area contributed by atoms with E-state index >= 15 is 0 Å². The molecule has 6 nitrogen and oxygen atoms in total. The van der Waals surface area contributed by atoms with E-state index in [0.29, 0.717) is 16.5 Å². The second-order valence-electron chi connectivity index (χ2n) is 5.14. The Morgan fingerprint density at radius 1 is 0.958 bits per heavy atom. The van der Waals surface area contributed by atoms with Crippen molar-refractivity contribution in [3.8, 4) is 11.5 Å². The Hall–Kier alpha value is -2.73. The highest BCUT2D eigenvalue weighted by atomic mass is 35.5. The van der Waals surface area contributed by atoms with Crippen LogP contribution in [0.4, 0.5) is 0 Å². The molecule has 0 spiro atoms. The van der Waals surface area contributed by atoms with Crippen LogP contribution in [0.3, 0.4) is 0 Å². The molecule has 2 aromatic carbocycles. The Bertz CT molecular complexity index is 779. The zero-order chi connectivity index (χ0) is 16.9. The third-order valence-electron chi connectivity index (χ3n) is 3.49. The van der Waals surface area contributed by atoms with Crippen LogP contribution in [0.25, 0.3) is 0 Å². The molecule has 0 atom stereocenters. The lowest BCUT2D eigenvalue weighted by atomic mass is 10.2. The number of nitrogens with one attached hydrogen (secondary N) is 2. The van der Waals surface area contributed by atoms with Crippen LogP contribution in [0, 0.1) is 0 Å². The van der Waals surface area contributed by atoms with Gasteiger partial charge in [0.1, 0.15) is 0 Å². The van der Waals surface area contributed by atoms with E-state index in [-0.39, 0.29) is 19.9 Å².